The lowest BCUT2D eigenvalue weighted by molar-refractivity contribution is -0.142. The van der Waals surface area contributed by atoms with Crippen LogP contribution in [0.3, 0.4) is 0 Å². The highest BCUT2D eigenvalue weighted by Gasteiger charge is 2.27. The van der Waals surface area contributed by atoms with Crippen LogP contribution in [0.4, 0.5) is 0 Å². The van der Waals surface area contributed by atoms with Crippen LogP contribution in [0.15, 0.2) is 42.5 Å². The lowest BCUT2D eigenvalue weighted by Gasteiger charge is -2.30. The van der Waals surface area contributed by atoms with Crippen LogP contribution in [-0.2, 0) is 16.1 Å². The molecule has 0 saturated carbocycles. The van der Waals surface area contributed by atoms with Crippen molar-refractivity contribution in [2.24, 2.45) is 0 Å². The fourth-order valence-corrected chi connectivity index (χ4v) is 3.14. The molecule has 30 heavy (non-hydrogen) atoms. The van der Waals surface area contributed by atoms with Crippen molar-refractivity contribution < 1.29 is 14.3 Å². The molecule has 0 aliphatic carbocycles. The van der Waals surface area contributed by atoms with Gasteiger partial charge >= 0.3 is 0 Å². The zero-order chi connectivity index (χ0) is 22.3. The third-order valence-corrected chi connectivity index (χ3v) is 5.53. The molecule has 0 aromatic heterocycles. The summed E-state index contributed by atoms with van der Waals surface area (Å²) in [6, 6.07) is 12.5. The van der Waals surface area contributed by atoms with Gasteiger partial charge in [0.25, 0.3) is 5.91 Å². The number of benzene rings is 2. The number of amides is 2. The lowest BCUT2D eigenvalue weighted by atomic mass is 10.1. The highest BCUT2D eigenvalue weighted by atomic mass is 35.5. The quantitative estimate of drug-likeness (QED) is 0.629. The van der Waals surface area contributed by atoms with Gasteiger partial charge in [0.1, 0.15) is 11.8 Å². The Bertz CT molecular complexity index is 885. The van der Waals surface area contributed by atoms with Crippen molar-refractivity contribution in [2.75, 3.05) is 6.61 Å². The van der Waals surface area contributed by atoms with Crippen LogP contribution in [0.25, 0.3) is 0 Å². The maximum atomic E-state index is 13.1. The van der Waals surface area contributed by atoms with Crippen LogP contribution in [0.5, 0.6) is 5.75 Å². The Morgan fingerprint density at radius 3 is 2.50 bits per heavy atom. The smallest absolute Gasteiger partial charge is 0.261 e. The first-order valence-electron chi connectivity index (χ1n) is 10.3. The molecule has 0 bridgehead atoms. The van der Waals surface area contributed by atoms with E-state index in [-0.39, 0.29) is 31.0 Å². The molecular formula is C24H31ClN2O3. The van der Waals surface area contributed by atoms with Gasteiger partial charge in [0.15, 0.2) is 6.61 Å². The molecule has 5 nitrogen and oxygen atoms in total. The van der Waals surface area contributed by atoms with Gasteiger partial charge in [-0.3, -0.25) is 9.59 Å². The van der Waals surface area contributed by atoms with Crippen molar-refractivity contribution in [1.82, 2.24) is 10.2 Å². The van der Waals surface area contributed by atoms with Gasteiger partial charge in [0, 0.05) is 17.6 Å². The fraction of sp³-hybridized carbons (Fsp3) is 0.417. The molecule has 2 aromatic rings. The lowest BCUT2D eigenvalue weighted by Crippen LogP contribution is -2.50. The van der Waals surface area contributed by atoms with Crippen LogP contribution in [-0.4, -0.2) is 35.4 Å². The number of hydrogen-bond donors (Lipinski definition) is 1. The molecule has 162 valence electrons. The van der Waals surface area contributed by atoms with E-state index in [1.807, 2.05) is 64.1 Å². The average molecular weight is 431 g/mol. The van der Waals surface area contributed by atoms with Gasteiger partial charge in [-0.05, 0) is 62.9 Å². The first-order chi connectivity index (χ1) is 14.2. The van der Waals surface area contributed by atoms with Gasteiger partial charge in [-0.25, -0.2) is 0 Å². The van der Waals surface area contributed by atoms with E-state index in [9.17, 15) is 9.59 Å². The molecular weight excluding hydrogens is 400 g/mol. The Morgan fingerprint density at radius 1 is 1.13 bits per heavy atom. The number of rotatable bonds is 9. The Labute approximate surface area is 184 Å². The highest BCUT2D eigenvalue weighted by Crippen LogP contribution is 2.21. The molecule has 1 N–H and O–H groups in total. The Hall–Kier alpha value is -2.53. The van der Waals surface area contributed by atoms with Crippen molar-refractivity contribution in [3.63, 3.8) is 0 Å². The summed E-state index contributed by atoms with van der Waals surface area (Å²) in [6.07, 6.45) is 0.812. The number of carbonyl (C=O) groups is 2. The van der Waals surface area contributed by atoms with E-state index >= 15 is 0 Å². The van der Waals surface area contributed by atoms with E-state index < -0.39 is 6.04 Å². The molecule has 0 fully saturated rings. The number of nitrogens with one attached hydrogen (secondary N) is 1. The molecule has 0 aliphatic heterocycles. The van der Waals surface area contributed by atoms with Gasteiger partial charge < -0.3 is 15.0 Å². The molecule has 6 heteroatoms. The molecule has 0 aliphatic rings. The molecule has 0 saturated heterocycles. The highest BCUT2D eigenvalue weighted by molar-refractivity contribution is 6.31. The van der Waals surface area contributed by atoms with Crippen molar-refractivity contribution >= 4 is 23.4 Å². The van der Waals surface area contributed by atoms with Gasteiger partial charge in [-0.15, -0.1) is 0 Å². The minimum absolute atomic E-state index is 0.0309. The standard InChI is InChI=1S/C24H31ClN2O3/c1-6-18(4)26-24(29)19(5)27(14-20-9-7-8-10-21(20)25)23(28)15-30-22-13-16(2)11-12-17(22)3/h7-13,18-19H,6,14-15H2,1-5H3,(H,26,29). The summed E-state index contributed by atoms with van der Waals surface area (Å²) < 4.78 is 5.80. The van der Waals surface area contributed by atoms with E-state index in [0.717, 1.165) is 23.1 Å². The fourth-order valence-electron chi connectivity index (χ4n) is 2.94. The summed E-state index contributed by atoms with van der Waals surface area (Å²) in [5.41, 5.74) is 2.79. The van der Waals surface area contributed by atoms with Crippen LogP contribution in [0, 0.1) is 13.8 Å². The molecule has 2 amide bonds. The molecule has 2 unspecified atom stereocenters. The monoisotopic (exact) mass is 430 g/mol. The number of halogens is 1. The average Bonchev–Trinajstić information content (AvgIpc) is 2.72. The van der Waals surface area contributed by atoms with E-state index in [1.54, 1.807) is 13.0 Å². The number of hydrogen-bond acceptors (Lipinski definition) is 3. The topological polar surface area (TPSA) is 58.6 Å². The summed E-state index contributed by atoms with van der Waals surface area (Å²) in [4.78, 5) is 27.4. The molecule has 2 aromatic carbocycles. The van der Waals surface area contributed by atoms with Crippen molar-refractivity contribution in [3.8, 4) is 5.75 Å². The van der Waals surface area contributed by atoms with Gasteiger partial charge in [-0.2, -0.15) is 0 Å². The molecule has 0 radical (unpaired) electrons. The molecule has 0 spiro atoms. The number of carbonyl (C=O) groups excluding carboxylic acids is 2. The van der Waals surface area contributed by atoms with Gasteiger partial charge in [0.2, 0.25) is 5.91 Å². The molecule has 2 atom stereocenters. The number of aryl methyl sites for hydroxylation is 2. The second kappa shape index (κ2) is 11.0. The Kier molecular flexibility index (Phi) is 8.72. The first kappa shape index (κ1) is 23.7. The third-order valence-electron chi connectivity index (χ3n) is 5.16. The van der Waals surface area contributed by atoms with E-state index in [4.69, 9.17) is 16.3 Å². The normalized spacial score (nSPS) is 12.7. The Morgan fingerprint density at radius 2 is 1.83 bits per heavy atom. The summed E-state index contributed by atoms with van der Waals surface area (Å²) in [6.45, 7) is 9.64. The largest absolute Gasteiger partial charge is 0.483 e. The van der Waals surface area contributed by atoms with Gasteiger partial charge in [0.05, 0.1) is 0 Å². The summed E-state index contributed by atoms with van der Waals surface area (Å²) in [5.74, 6) is 0.192. The van der Waals surface area contributed by atoms with E-state index in [0.29, 0.717) is 10.8 Å². The van der Waals surface area contributed by atoms with Gasteiger partial charge in [-0.1, -0.05) is 48.9 Å². The molecule has 2 rings (SSSR count). The van der Waals surface area contributed by atoms with E-state index in [1.165, 1.54) is 4.90 Å². The third kappa shape index (κ3) is 6.49. The maximum absolute atomic E-state index is 13.1. The summed E-state index contributed by atoms with van der Waals surface area (Å²) >= 11 is 6.31. The van der Waals surface area contributed by atoms with Crippen molar-refractivity contribution in [2.45, 2.75) is 59.7 Å². The van der Waals surface area contributed by atoms with Crippen molar-refractivity contribution in [1.29, 1.82) is 0 Å². The van der Waals surface area contributed by atoms with Crippen LogP contribution in [0.2, 0.25) is 5.02 Å². The predicted octanol–water partition coefficient (Wildman–Crippen LogP) is 4.67. The van der Waals surface area contributed by atoms with Crippen molar-refractivity contribution in [3.05, 3.63) is 64.2 Å². The second-order valence-electron chi connectivity index (χ2n) is 7.66. The predicted molar refractivity (Wildman–Crippen MR) is 121 cm³/mol. The van der Waals surface area contributed by atoms with E-state index in [2.05, 4.69) is 5.32 Å². The number of nitrogens with zero attached hydrogens (tertiary/aromatic N) is 1. The van der Waals surface area contributed by atoms with Crippen LogP contribution < -0.4 is 10.1 Å². The minimum atomic E-state index is -0.662. The number of ether oxygens (including phenoxy) is 1. The summed E-state index contributed by atoms with van der Waals surface area (Å²) in [5, 5.41) is 3.50. The maximum Gasteiger partial charge on any atom is 0.261 e. The SMILES string of the molecule is CCC(C)NC(=O)C(C)N(Cc1ccccc1Cl)C(=O)COc1cc(C)ccc1C. The minimum Gasteiger partial charge on any atom is -0.483 e. The Balaban J connectivity index is 2.20. The second-order valence-corrected chi connectivity index (χ2v) is 8.07. The zero-order valence-electron chi connectivity index (χ0n) is 18.4. The summed E-state index contributed by atoms with van der Waals surface area (Å²) in [7, 11) is 0. The molecule has 0 heterocycles. The first-order valence-corrected chi connectivity index (χ1v) is 10.6. The zero-order valence-corrected chi connectivity index (χ0v) is 19.1. The van der Waals surface area contributed by atoms with Crippen LogP contribution >= 0.6 is 11.6 Å². The van der Waals surface area contributed by atoms with Crippen LogP contribution in [0.1, 0.15) is 43.9 Å².